The zero-order chi connectivity index (χ0) is 7.23. The Morgan fingerprint density at radius 2 is 2.00 bits per heavy atom. The fourth-order valence-electron chi connectivity index (χ4n) is 0.730. The van der Waals surface area contributed by atoms with Crippen molar-refractivity contribution in [1.29, 1.82) is 0 Å². The smallest absolute Gasteiger partial charge is 0.115 e. The normalized spacial score (nSPS) is 9.70. The minimum atomic E-state index is -0.269. The largest absolute Gasteiger partial charge is 0.251 e. The molecule has 1 aromatic heterocycles. The van der Waals surface area contributed by atoms with E-state index in [9.17, 15) is 4.39 Å². The minimum absolute atomic E-state index is 0.269. The molecule has 54 valence electrons. The van der Waals surface area contributed by atoms with E-state index in [0.717, 1.165) is 12.0 Å². The Labute approximate surface area is 59.1 Å². The molecule has 0 atom stereocenters. The van der Waals surface area contributed by atoms with E-state index >= 15 is 0 Å². The molecule has 0 fully saturated rings. The maximum Gasteiger partial charge on any atom is 0.115 e. The van der Waals surface area contributed by atoms with Crippen LogP contribution in [0.1, 0.15) is 12.0 Å². The van der Waals surface area contributed by atoms with Crippen LogP contribution in [0.15, 0.2) is 18.7 Å². The summed E-state index contributed by atoms with van der Waals surface area (Å²) in [6.45, 7) is -0.269. The molecule has 2 nitrogen and oxygen atoms in total. The van der Waals surface area contributed by atoms with Gasteiger partial charge in [-0.2, -0.15) is 0 Å². The van der Waals surface area contributed by atoms with Gasteiger partial charge in [-0.1, -0.05) is 0 Å². The van der Waals surface area contributed by atoms with Gasteiger partial charge in [-0.3, -0.25) is 4.39 Å². The van der Waals surface area contributed by atoms with Crippen molar-refractivity contribution in [2.45, 2.75) is 12.8 Å². The Kier molecular flexibility index (Phi) is 2.80. The second kappa shape index (κ2) is 3.93. The second-order valence-corrected chi connectivity index (χ2v) is 2.04. The summed E-state index contributed by atoms with van der Waals surface area (Å²) in [5.74, 6) is 0. The Bertz CT molecular complexity index is 176. The number of hydrogen-bond acceptors (Lipinski definition) is 2. The van der Waals surface area contributed by atoms with Gasteiger partial charge >= 0.3 is 0 Å². The topological polar surface area (TPSA) is 25.8 Å². The van der Waals surface area contributed by atoms with Crippen molar-refractivity contribution in [2.75, 3.05) is 6.67 Å². The maximum absolute atomic E-state index is 11.6. The van der Waals surface area contributed by atoms with Crippen molar-refractivity contribution in [2.24, 2.45) is 0 Å². The standard InChI is InChI=1S/C7H9FN2/c8-3-1-2-7-4-9-6-10-5-7/h4-6H,1-3H2. The van der Waals surface area contributed by atoms with Crippen molar-refractivity contribution in [3.05, 3.63) is 24.3 Å². The van der Waals surface area contributed by atoms with Gasteiger partial charge in [-0.15, -0.1) is 0 Å². The van der Waals surface area contributed by atoms with E-state index in [1.54, 1.807) is 12.4 Å². The predicted molar refractivity (Wildman–Crippen MR) is 36.3 cm³/mol. The summed E-state index contributed by atoms with van der Waals surface area (Å²) in [7, 11) is 0. The van der Waals surface area contributed by atoms with Crippen molar-refractivity contribution < 1.29 is 4.39 Å². The first-order valence-corrected chi connectivity index (χ1v) is 3.23. The molecule has 1 heterocycles. The van der Waals surface area contributed by atoms with E-state index < -0.39 is 0 Å². The molecule has 0 saturated heterocycles. The van der Waals surface area contributed by atoms with Crippen LogP contribution in [0.3, 0.4) is 0 Å². The molecule has 0 unspecified atom stereocenters. The molecule has 3 heteroatoms. The molecule has 0 aliphatic rings. The molecule has 0 bridgehead atoms. The zero-order valence-electron chi connectivity index (χ0n) is 5.63. The summed E-state index contributed by atoms with van der Waals surface area (Å²) in [6, 6.07) is 0. The van der Waals surface area contributed by atoms with E-state index in [2.05, 4.69) is 9.97 Å². The maximum atomic E-state index is 11.6. The quantitative estimate of drug-likeness (QED) is 0.633. The lowest BCUT2D eigenvalue weighted by Crippen LogP contribution is -1.88. The highest BCUT2D eigenvalue weighted by molar-refractivity contribution is 5.01. The summed E-state index contributed by atoms with van der Waals surface area (Å²) in [4.78, 5) is 7.61. The summed E-state index contributed by atoms with van der Waals surface area (Å²) < 4.78 is 11.6. The van der Waals surface area contributed by atoms with Crippen LogP contribution < -0.4 is 0 Å². The van der Waals surface area contributed by atoms with Gasteiger partial charge in [0.25, 0.3) is 0 Å². The Hall–Kier alpha value is -0.990. The van der Waals surface area contributed by atoms with Gasteiger partial charge in [0.1, 0.15) is 6.33 Å². The van der Waals surface area contributed by atoms with E-state index in [1.807, 2.05) is 0 Å². The Morgan fingerprint density at radius 1 is 1.30 bits per heavy atom. The van der Waals surface area contributed by atoms with E-state index in [0.29, 0.717) is 6.42 Å². The molecule has 0 N–H and O–H groups in total. The first-order chi connectivity index (χ1) is 4.93. The highest BCUT2D eigenvalue weighted by Crippen LogP contribution is 1.97. The lowest BCUT2D eigenvalue weighted by Gasteiger charge is -1.93. The van der Waals surface area contributed by atoms with Crippen molar-refractivity contribution >= 4 is 0 Å². The van der Waals surface area contributed by atoms with Crippen LogP contribution in [-0.2, 0) is 6.42 Å². The van der Waals surface area contributed by atoms with Crippen LogP contribution in [0.5, 0.6) is 0 Å². The molecule has 1 rings (SSSR count). The number of aryl methyl sites for hydroxylation is 1. The zero-order valence-corrected chi connectivity index (χ0v) is 5.63. The van der Waals surface area contributed by atoms with Crippen molar-refractivity contribution in [1.82, 2.24) is 9.97 Å². The highest BCUT2D eigenvalue weighted by atomic mass is 19.1. The number of nitrogens with zero attached hydrogens (tertiary/aromatic N) is 2. The van der Waals surface area contributed by atoms with Gasteiger partial charge in [-0.05, 0) is 18.4 Å². The fourth-order valence-corrected chi connectivity index (χ4v) is 0.730. The summed E-state index contributed by atoms with van der Waals surface area (Å²) >= 11 is 0. The Morgan fingerprint density at radius 3 is 2.60 bits per heavy atom. The van der Waals surface area contributed by atoms with Crippen LogP contribution in [-0.4, -0.2) is 16.6 Å². The first kappa shape index (κ1) is 7.12. The molecule has 0 radical (unpaired) electrons. The average molecular weight is 140 g/mol. The molecule has 0 aliphatic heterocycles. The van der Waals surface area contributed by atoms with Crippen LogP contribution >= 0.6 is 0 Å². The van der Waals surface area contributed by atoms with Gasteiger partial charge in [-0.25, -0.2) is 9.97 Å². The number of alkyl halides is 1. The van der Waals surface area contributed by atoms with Crippen LogP contribution in [0.25, 0.3) is 0 Å². The van der Waals surface area contributed by atoms with E-state index in [-0.39, 0.29) is 6.67 Å². The third-order valence-corrected chi connectivity index (χ3v) is 1.21. The molecule has 0 amide bonds. The lowest BCUT2D eigenvalue weighted by atomic mass is 10.2. The molecule has 0 aliphatic carbocycles. The van der Waals surface area contributed by atoms with E-state index in [1.165, 1.54) is 6.33 Å². The van der Waals surface area contributed by atoms with Gasteiger partial charge < -0.3 is 0 Å². The molecule has 10 heavy (non-hydrogen) atoms. The van der Waals surface area contributed by atoms with Gasteiger partial charge in [0.05, 0.1) is 6.67 Å². The third-order valence-electron chi connectivity index (χ3n) is 1.21. The van der Waals surface area contributed by atoms with Crippen molar-refractivity contribution in [3.8, 4) is 0 Å². The Balaban J connectivity index is 2.43. The monoisotopic (exact) mass is 140 g/mol. The molecule has 0 saturated carbocycles. The number of halogens is 1. The highest BCUT2D eigenvalue weighted by Gasteiger charge is 1.90. The lowest BCUT2D eigenvalue weighted by molar-refractivity contribution is 0.472. The molecular weight excluding hydrogens is 131 g/mol. The predicted octanol–water partition coefficient (Wildman–Crippen LogP) is 1.38. The molecular formula is C7H9FN2. The number of rotatable bonds is 3. The summed E-state index contributed by atoms with van der Waals surface area (Å²) in [5.41, 5.74) is 1.00. The molecule has 1 aromatic rings. The number of aromatic nitrogens is 2. The van der Waals surface area contributed by atoms with Gasteiger partial charge in [0.15, 0.2) is 0 Å². The van der Waals surface area contributed by atoms with E-state index in [4.69, 9.17) is 0 Å². The van der Waals surface area contributed by atoms with Crippen molar-refractivity contribution in [3.63, 3.8) is 0 Å². The molecule has 0 aromatic carbocycles. The second-order valence-electron chi connectivity index (χ2n) is 2.04. The summed E-state index contributed by atoms with van der Waals surface area (Å²) in [5, 5.41) is 0. The first-order valence-electron chi connectivity index (χ1n) is 3.23. The average Bonchev–Trinajstić information content (AvgIpc) is 2.03. The number of hydrogen-bond donors (Lipinski definition) is 0. The van der Waals surface area contributed by atoms with Gasteiger partial charge in [0, 0.05) is 12.4 Å². The minimum Gasteiger partial charge on any atom is -0.251 e. The molecule has 0 spiro atoms. The van der Waals surface area contributed by atoms with Gasteiger partial charge in [0.2, 0.25) is 0 Å². The SMILES string of the molecule is FCCCc1cncnc1. The third kappa shape index (κ3) is 2.09. The van der Waals surface area contributed by atoms with Crippen LogP contribution in [0, 0.1) is 0 Å². The fraction of sp³-hybridized carbons (Fsp3) is 0.429. The summed E-state index contributed by atoms with van der Waals surface area (Å²) in [6.07, 6.45) is 6.19. The van der Waals surface area contributed by atoms with Crippen LogP contribution in [0.4, 0.5) is 4.39 Å². The van der Waals surface area contributed by atoms with Crippen LogP contribution in [0.2, 0.25) is 0 Å².